The lowest BCUT2D eigenvalue weighted by atomic mass is 10.2. The molecule has 0 aliphatic rings. The maximum Gasteiger partial charge on any atom is 0.132 e. The van der Waals surface area contributed by atoms with Crippen molar-refractivity contribution < 1.29 is 42.7 Å². The van der Waals surface area contributed by atoms with E-state index < -0.39 is 0 Å². The van der Waals surface area contributed by atoms with Gasteiger partial charge in [-0.3, -0.25) is 4.79 Å². The van der Waals surface area contributed by atoms with Gasteiger partial charge in [0.15, 0.2) is 0 Å². The standard InChI is InChI=1S/C26H42O9/c1-3-25-4-6-26(7-5-25)35-23-22-34-21-20-33-19-18-32-17-16-31-15-14-30-13-12-29-11-10-28-9-8-24(2)27/h3-7H,1,8-23H2,2H3. The van der Waals surface area contributed by atoms with Gasteiger partial charge in [-0.25, -0.2) is 0 Å². The lowest BCUT2D eigenvalue weighted by Crippen LogP contribution is -2.15. The molecule has 1 rings (SSSR count). The zero-order chi connectivity index (χ0) is 25.2. The Kier molecular flexibility index (Phi) is 21.3. The molecular formula is C26H42O9. The Morgan fingerprint density at radius 3 is 1.29 bits per heavy atom. The van der Waals surface area contributed by atoms with Crippen LogP contribution in [0.15, 0.2) is 30.8 Å². The Bertz CT molecular complexity index is 622. The van der Waals surface area contributed by atoms with Gasteiger partial charge in [-0.2, -0.15) is 0 Å². The number of ketones is 1. The SMILES string of the molecule is C=Cc1ccc(OCCOCCOCCOCCOCCOCCOCCOCCC(C)=O)cc1. The summed E-state index contributed by atoms with van der Waals surface area (Å²) in [5.41, 5.74) is 1.06. The van der Waals surface area contributed by atoms with E-state index in [4.69, 9.17) is 37.9 Å². The molecule has 0 aromatic heterocycles. The Morgan fingerprint density at radius 1 is 0.600 bits per heavy atom. The predicted molar refractivity (Wildman–Crippen MR) is 133 cm³/mol. The monoisotopic (exact) mass is 498 g/mol. The molecule has 0 unspecified atom stereocenters. The van der Waals surface area contributed by atoms with Gasteiger partial charge >= 0.3 is 0 Å². The second-order valence-corrected chi connectivity index (χ2v) is 7.36. The van der Waals surface area contributed by atoms with Crippen molar-refractivity contribution in [1.82, 2.24) is 0 Å². The molecule has 9 heteroatoms. The van der Waals surface area contributed by atoms with Gasteiger partial charge in [-0.1, -0.05) is 24.8 Å². The van der Waals surface area contributed by atoms with Gasteiger partial charge in [0.25, 0.3) is 0 Å². The van der Waals surface area contributed by atoms with Crippen LogP contribution in [0.2, 0.25) is 0 Å². The van der Waals surface area contributed by atoms with E-state index in [1.807, 2.05) is 24.3 Å². The Labute approximate surface area is 209 Å². The molecule has 0 aliphatic heterocycles. The molecule has 0 heterocycles. The van der Waals surface area contributed by atoms with Crippen LogP contribution in [0.3, 0.4) is 0 Å². The van der Waals surface area contributed by atoms with Crippen molar-refractivity contribution in [2.24, 2.45) is 0 Å². The van der Waals surface area contributed by atoms with Crippen molar-refractivity contribution in [3.63, 3.8) is 0 Å². The van der Waals surface area contributed by atoms with Crippen LogP contribution >= 0.6 is 0 Å². The fourth-order valence-electron chi connectivity index (χ4n) is 2.56. The normalized spacial score (nSPS) is 11.0. The number of hydrogen-bond donors (Lipinski definition) is 0. The van der Waals surface area contributed by atoms with Crippen LogP contribution < -0.4 is 4.74 Å². The summed E-state index contributed by atoms with van der Waals surface area (Å²) in [6, 6.07) is 7.74. The van der Waals surface area contributed by atoms with Crippen molar-refractivity contribution in [2.75, 3.05) is 99.1 Å². The van der Waals surface area contributed by atoms with Gasteiger partial charge in [0.05, 0.1) is 92.5 Å². The van der Waals surface area contributed by atoms with Gasteiger partial charge in [-0.05, 0) is 24.6 Å². The van der Waals surface area contributed by atoms with E-state index >= 15 is 0 Å². The Hall–Kier alpha value is -1.85. The van der Waals surface area contributed by atoms with Crippen LogP contribution in [0.5, 0.6) is 5.75 Å². The minimum Gasteiger partial charge on any atom is -0.491 e. The maximum atomic E-state index is 10.7. The molecule has 35 heavy (non-hydrogen) atoms. The smallest absolute Gasteiger partial charge is 0.132 e. The molecule has 1 aromatic carbocycles. The van der Waals surface area contributed by atoms with Gasteiger partial charge in [0.2, 0.25) is 0 Å². The van der Waals surface area contributed by atoms with Crippen molar-refractivity contribution in [2.45, 2.75) is 13.3 Å². The fraction of sp³-hybridized carbons (Fsp3) is 0.654. The number of carbonyl (C=O) groups is 1. The second kappa shape index (κ2) is 23.9. The number of Topliss-reactive ketones (excluding diaryl/α,β-unsaturated/α-hetero) is 1. The van der Waals surface area contributed by atoms with Crippen LogP contribution in [-0.4, -0.2) is 105 Å². The number of hydrogen-bond acceptors (Lipinski definition) is 9. The van der Waals surface area contributed by atoms with Crippen molar-refractivity contribution >= 4 is 11.9 Å². The Morgan fingerprint density at radius 2 is 0.943 bits per heavy atom. The number of carbonyl (C=O) groups excluding carboxylic acids is 1. The molecule has 0 saturated heterocycles. The summed E-state index contributed by atoms with van der Waals surface area (Å²) in [7, 11) is 0. The van der Waals surface area contributed by atoms with Crippen LogP contribution in [0.1, 0.15) is 18.9 Å². The minimum absolute atomic E-state index is 0.129. The van der Waals surface area contributed by atoms with E-state index in [1.54, 1.807) is 13.0 Å². The molecule has 0 radical (unpaired) electrons. The first-order chi connectivity index (χ1) is 17.2. The fourth-order valence-corrected chi connectivity index (χ4v) is 2.56. The summed E-state index contributed by atoms with van der Waals surface area (Å²) in [5, 5.41) is 0. The third kappa shape index (κ3) is 21.2. The number of benzene rings is 1. The Balaban J connectivity index is 1.69. The highest BCUT2D eigenvalue weighted by atomic mass is 16.6. The predicted octanol–water partition coefficient (Wildman–Crippen LogP) is 2.80. The molecule has 0 amide bonds. The van der Waals surface area contributed by atoms with E-state index in [-0.39, 0.29) is 5.78 Å². The van der Waals surface area contributed by atoms with E-state index in [9.17, 15) is 4.79 Å². The quantitative estimate of drug-likeness (QED) is 0.179. The van der Waals surface area contributed by atoms with Crippen LogP contribution in [0.25, 0.3) is 6.08 Å². The zero-order valence-corrected chi connectivity index (χ0v) is 21.1. The highest BCUT2D eigenvalue weighted by molar-refractivity contribution is 5.75. The van der Waals surface area contributed by atoms with Crippen LogP contribution in [0.4, 0.5) is 0 Å². The highest BCUT2D eigenvalue weighted by Gasteiger charge is 1.97. The van der Waals surface area contributed by atoms with Gasteiger partial charge in [0, 0.05) is 6.42 Å². The van der Waals surface area contributed by atoms with Crippen molar-refractivity contribution in [1.29, 1.82) is 0 Å². The number of ether oxygens (including phenoxy) is 8. The first kappa shape index (κ1) is 31.2. The largest absolute Gasteiger partial charge is 0.491 e. The molecule has 0 aliphatic carbocycles. The summed E-state index contributed by atoms with van der Waals surface area (Å²) in [6.45, 7) is 12.8. The van der Waals surface area contributed by atoms with E-state index in [0.717, 1.165) is 11.3 Å². The van der Waals surface area contributed by atoms with Crippen LogP contribution in [-0.2, 0) is 38.0 Å². The molecule has 1 aromatic rings. The first-order valence-electron chi connectivity index (χ1n) is 12.1. The van der Waals surface area contributed by atoms with Crippen molar-refractivity contribution in [3.05, 3.63) is 36.4 Å². The summed E-state index contributed by atoms with van der Waals surface area (Å²) in [6.07, 6.45) is 2.24. The average molecular weight is 499 g/mol. The maximum absolute atomic E-state index is 10.7. The molecular weight excluding hydrogens is 456 g/mol. The van der Waals surface area contributed by atoms with Gasteiger partial charge in [-0.15, -0.1) is 0 Å². The lowest BCUT2D eigenvalue weighted by Gasteiger charge is -2.09. The third-order valence-electron chi connectivity index (χ3n) is 4.44. The molecule has 0 atom stereocenters. The summed E-state index contributed by atoms with van der Waals surface area (Å²) in [4.78, 5) is 10.7. The molecule has 0 fully saturated rings. The summed E-state index contributed by atoms with van der Waals surface area (Å²) >= 11 is 0. The molecule has 0 N–H and O–H groups in total. The minimum atomic E-state index is 0.129. The summed E-state index contributed by atoms with van der Waals surface area (Å²) < 4.78 is 43.5. The highest BCUT2D eigenvalue weighted by Crippen LogP contribution is 2.12. The van der Waals surface area contributed by atoms with Crippen LogP contribution in [0, 0.1) is 0 Å². The van der Waals surface area contributed by atoms with E-state index in [0.29, 0.717) is 106 Å². The van der Waals surface area contributed by atoms with Crippen molar-refractivity contribution in [3.8, 4) is 5.75 Å². The lowest BCUT2D eigenvalue weighted by molar-refractivity contribution is -0.118. The van der Waals surface area contributed by atoms with Gasteiger partial charge < -0.3 is 37.9 Å². The van der Waals surface area contributed by atoms with Gasteiger partial charge in [0.1, 0.15) is 18.1 Å². The topological polar surface area (TPSA) is 90.9 Å². The zero-order valence-electron chi connectivity index (χ0n) is 21.1. The molecule has 200 valence electrons. The van der Waals surface area contributed by atoms with E-state index in [2.05, 4.69) is 6.58 Å². The molecule has 9 nitrogen and oxygen atoms in total. The first-order valence-corrected chi connectivity index (χ1v) is 12.1. The summed E-state index contributed by atoms with van der Waals surface area (Å²) in [5.74, 6) is 0.944. The molecule has 0 spiro atoms. The third-order valence-corrected chi connectivity index (χ3v) is 4.44. The average Bonchev–Trinajstić information content (AvgIpc) is 2.86. The molecule has 0 saturated carbocycles. The van der Waals surface area contributed by atoms with E-state index in [1.165, 1.54) is 0 Å². The second-order valence-electron chi connectivity index (χ2n) is 7.36. The molecule has 0 bridgehead atoms. The number of rotatable bonds is 26.